The Hall–Kier alpha value is -2.78. The van der Waals surface area contributed by atoms with Crippen LogP contribution in [0.2, 0.25) is 0 Å². The van der Waals surface area contributed by atoms with Crippen LogP contribution in [0.25, 0.3) is 0 Å². The van der Waals surface area contributed by atoms with Gasteiger partial charge in [-0.1, -0.05) is 6.42 Å². The molecule has 1 aromatic carbocycles. The SMILES string of the molecule is C[C@H]1Cc2cc(S(=O)(=O)N3CCC(C(=O)Nc4cccnc4)CC3)ccc2N1C(=O)C1CCC1. The number of aromatic nitrogens is 1. The Balaban J connectivity index is 1.25. The summed E-state index contributed by atoms with van der Waals surface area (Å²) in [7, 11) is -3.67. The van der Waals surface area contributed by atoms with Crippen LogP contribution in [0.3, 0.4) is 0 Å². The molecule has 0 spiro atoms. The van der Waals surface area contributed by atoms with Crippen LogP contribution < -0.4 is 10.2 Å². The van der Waals surface area contributed by atoms with Crippen LogP contribution in [0.4, 0.5) is 11.4 Å². The van der Waals surface area contributed by atoms with Crippen molar-refractivity contribution in [3.8, 4) is 0 Å². The van der Waals surface area contributed by atoms with Crippen molar-refractivity contribution in [1.29, 1.82) is 0 Å². The molecule has 2 fully saturated rings. The minimum absolute atomic E-state index is 0.0372. The number of nitrogens with zero attached hydrogens (tertiary/aromatic N) is 3. The number of hydrogen-bond acceptors (Lipinski definition) is 5. The third-order valence-corrected chi connectivity index (χ3v) is 9.24. The summed E-state index contributed by atoms with van der Waals surface area (Å²) in [6.45, 7) is 2.62. The average Bonchev–Trinajstić information content (AvgIpc) is 3.13. The highest BCUT2D eigenvalue weighted by molar-refractivity contribution is 7.89. The topological polar surface area (TPSA) is 99.7 Å². The highest BCUT2D eigenvalue weighted by atomic mass is 32.2. The fourth-order valence-electron chi connectivity index (χ4n) is 5.14. The van der Waals surface area contributed by atoms with Gasteiger partial charge in [0, 0.05) is 42.9 Å². The number of hydrogen-bond donors (Lipinski definition) is 1. The Kier molecular flexibility index (Phi) is 6.16. The smallest absolute Gasteiger partial charge is 0.243 e. The van der Waals surface area contributed by atoms with E-state index in [1.54, 1.807) is 42.7 Å². The van der Waals surface area contributed by atoms with E-state index in [2.05, 4.69) is 10.3 Å². The van der Waals surface area contributed by atoms with E-state index in [-0.39, 0.29) is 34.6 Å². The van der Waals surface area contributed by atoms with E-state index < -0.39 is 10.0 Å². The first-order valence-corrected chi connectivity index (χ1v) is 13.5. The molecule has 3 aliphatic rings. The van der Waals surface area contributed by atoms with Crippen LogP contribution in [0.15, 0.2) is 47.6 Å². The van der Waals surface area contributed by atoms with Crippen LogP contribution in [0.5, 0.6) is 0 Å². The van der Waals surface area contributed by atoms with Gasteiger partial charge in [0.05, 0.1) is 16.8 Å². The van der Waals surface area contributed by atoms with Crippen molar-refractivity contribution < 1.29 is 18.0 Å². The fourth-order valence-corrected chi connectivity index (χ4v) is 6.66. The number of sulfonamides is 1. The Morgan fingerprint density at radius 1 is 1.06 bits per heavy atom. The molecule has 1 aromatic heterocycles. The quantitative estimate of drug-likeness (QED) is 0.706. The second kappa shape index (κ2) is 9.11. The van der Waals surface area contributed by atoms with Crippen LogP contribution >= 0.6 is 0 Å². The van der Waals surface area contributed by atoms with Crippen molar-refractivity contribution in [3.05, 3.63) is 48.3 Å². The summed E-state index contributed by atoms with van der Waals surface area (Å²) in [5.74, 6) is -0.0698. The lowest BCUT2D eigenvalue weighted by atomic mass is 9.84. The molecule has 1 N–H and O–H groups in total. The molecular formula is C25H30N4O4S. The van der Waals surface area contributed by atoms with Gasteiger partial charge < -0.3 is 10.2 Å². The predicted molar refractivity (Wildman–Crippen MR) is 129 cm³/mol. The van der Waals surface area contributed by atoms with Gasteiger partial charge in [-0.3, -0.25) is 14.6 Å². The summed E-state index contributed by atoms with van der Waals surface area (Å²) in [5.41, 5.74) is 2.39. The minimum atomic E-state index is -3.67. The van der Waals surface area contributed by atoms with E-state index >= 15 is 0 Å². The van der Waals surface area contributed by atoms with Crippen molar-refractivity contribution in [2.75, 3.05) is 23.3 Å². The Morgan fingerprint density at radius 2 is 1.82 bits per heavy atom. The molecule has 1 atom stereocenters. The first-order valence-electron chi connectivity index (χ1n) is 12.0. The van der Waals surface area contributed by atoms with Gasteiger partial charge in [0.25, 0.3) is 0 Å². The zero-order chi connectivity index (χ0) is 23.9. The monoisotopic (exact) mass is 482 g/mol. The van der Waals surface area contributed by atoms with Gasteiger partial charge in [-0.25, -0.2) is 8.42 Å². The molecule has 5 rings (SSSR count). The maximum absolute atomic E-state index is 13.4. The second-order valence-corrected chi connectivity index (χ2v) is 11.5. The number of piperidine rings is 1. The number of rotatable bonds is 5. The van der Waals surface area contributed by atoms with Crippen molar-refractivity contribution in [2.45, 2.75) is 56.4 Å². The van der Waals surface area contributed by atoms with Gasteiger partial charge >= 0.3 is 0 Å². The van der Waals surface area contributed by atoms with Crippen molar-refractivity contribution in [1.82, 2.24) is 9.29 Å². The standard InChI is InChI=1S/C25H30N4O4S/c1-17-14-20-15-22(7-8-23(20)29(17)25(31)19-4-2-5-19)34(32,33)28-12-9-18(10-13-28)24(30)27-21-6-3-11-26-16-21/h3,6-8,11,15-19H,2,4-5,9-10,12-14H2,1H3,(H,27,30)/t17-/m0/s1. The third-order valence-electron chi connectivity index (χ3n) is 7.35. The third kappa shape index (κ3) is 4.22. The molecule has 2 aromatic rings. The molecule has 0 bridgehead atoms. The summed E-state index contributed by atoms with van der Waals surface area (Å²) in [6, 6.07) is 8.71. The number of nitrogens with one attached hydrogen (secondary N) is 1. The summed E-state index contributed by atoms with van der Waals surface area (Å²) in [5, 5.41) is 2.86. The Bertz CT molecular complexity index is 1190. The van der Waals surface area contributed by atoms with Crippen LogP contribution in [0.1, 0.15) is 44.6 Å². The summed E-state index contributed by atoms with van der Waals surface area (Å²) in [4.78, 5) is 31.6. The molecule has 2 amide bonds. The lowest BCUT2D eigenvalue weighted by Gasteiger charge is -2.32. The first kappa shape index (κ1) is 23.0. The lowest BCUT2D eigenvalue weighted by Crippen LogP contribution is -2.42. The number of pyridine rings is 1. The molecule has 1 saturated heterocycles. The molecule has 1 aliphatic carbocycles. The molecule has 1 saturated carbocycles. The van der Waals surface area contributed by atoms with Crippen LogP contribution in [-0.4, -0.2) is 48.7 Å². The number of carbonyl (C=O) groups excluding carboxylic acids is 2. The number of benzene rings is 1. The molecule has 0 radical (unpaired) electrons. The van der Waals surface area contributed by atoms with Gasteiger partial charge in [-0.05, 0) is 74.9 Å². The lowest BCUT2D eigenvalue weighted by molar-refractivity contribution is -0.125. The average molecular weight is 483 g/mol. The van der Waals surface area contributed by atoms with Crippen molar-refractivity contribution in [3.63, 3.8) is 0 Å². The van der Waals surface area contributed by atoms with E-state index in [0.29, 0.717) is 38.0 Å². The number of fused-ring (bicyclic) bond motifs is 1. The predicted octanol–water partition coefficient (Wildman–Crippen LogP) is 3.20. The van der Waals surface area contributed by atoms with Gasteiger partial charge in [-0.15, -0.1) is 0 Å². The second-order valence-electron chi connectivity index (χ2n) is 9.59. The number of anilines is 2. The fraction of sp³-hybridized carbons (Fsp3) is 0.480. The van der Waals surface area contributed by atoms with Crippen molar-refractivity contribution in [2.24, 2.45) is 11.8 Å². The summed E-state index contributed by atoms with van der Waals surface area (Å²) >= 11 is 0. The number of amides is 2. The molecular weight excluding hydrogens is 452 g/mol. The van der Waals surface area contributed by atoms with Gasteiger partial charge in [0.1, 0.15) is 0 Å². The van der Waals surface area contributed by atoms with E-state index in [1.807, 2.05) is 11.8 Å². The highest BCUT2D eigenvalue weighted by Gasteiger charge is 2.38. The summed E-state index contributed by atoms with van der Waals surface area (Å²) in [6.07, 6.45) is 7.82. The number of carbonyl (C=O) groups is 2. The molecule has 34 heavy (non-hydrogen) atoms. The summed E-state index contributed by atoms with van der Waals surface area (Å²) < 4.78 is 28.2. The van der Waals surface area contributed by atoms with Crippen molar-refractivity contribution >= 4 is 33.2 Å². The molecule has 8 nitrogen and oxygen atoms in total. The van der Waals surface area contributed by atoms with Gasteiger partial charge in [0.15, 0.2) is 0 Å². The van der Waals surface area contributed by atoms with E-state index in [1.165, 1.54) is 4.31 Å². The molecule has 0 unspecified atom stereocenters. The van der Waals surface area contributed by atoms with Crippen LogP contribution in [0, 0.1) is 11.8 Å². The largest absolute Gasteiger partial charge is 0.324 e. The molecule has 2 aliphatic heterocycles. The van der Waals surface area contributed by atoms with E-state index in [9.17, 15) is 18.0 Å². The normalized spacial score (nSPS) is 21.7. The van der Waals surface area contributed by atoms with Gasteiger partial charge in [-0.2, -0.15) is 4.31 Å². The highest BCUT2D eigenvalue weighted by Crippen LogP contribution is 2.38. The van der Waals surface area contributed by atoms with Gasteiger partial charge in [0.2, 0.25) is 21.8 Å². The van der Waals surface area contributed by atoms with Crippen LogP contribution in [-0.2, 0) is 26.0 Å². The molecule has 9 heteroatoms. The molecule has 180 valence electrons. The van der Waals surface area contributed by atoms with E-state index in [0.717, 1.165) is 30.5 Å². The zero-order valence-corrected chi connectivity index (χ0v) is 20.1. The Morgan fingerprint density at radius 3 is 2.47 bits per heavy atom. The first-order chi connectivity index (χ1) is 16.3. The zero-order valence-electron chi connectivity index (χ0n) is 19.3. The van der Waals surface area contributed by atoms with E-state index in [4.69, 9.17) is 0 Å². The maximum atomic E-state index is 13.4. The Labute approximate surface area is 200 Å². The molecule has 3 heterocycles. The minimum Gasteiger partial charge on any atom is -0.324 e. The maximum Gasteiger partial charge on any atom is 0.243 e.